The van der Waals surface area contributed by atoms with Crippen molar-refractivity contribution in [1.82, 2.24) is 15.1 Å². The molecule has 2 unspecified atom stereocenters. The Morgan fingerprint density at radius 2 is 2.04 bits per heavy atom. The van der Waals surface area contributed by atoms with E-state index in [9.17, 15) is 18.0 Å². The maximum atomic E-state index is 13.2. The fourth-order valence-corrected chi connectivity index (χ4v) is 4.13. The third-order valence-corrected chi connectivity index (χ3v) is 5.20. The molecular formula is C15H24F3N3O2. The maximum Gasteiger partial charge on any atom is 0.404 e. The number of likely N-dealkylation sites (tertiary alicyclic amines) is 1. The van der Waals surface area contributed by atoms with Gasteiger partial charge in [0, 0.05) is 31.6 Å². The highest BCUT2D eigenvalue weighted by Gasteiger charge is 2.49. The van der Waals surface area contributed by atoms with Crippen LogP contribution in [0.3, 0.4) is 0 Å². The number of morpholine rings is 1. The number of hydrogen-bond acceptors (Lipinski definition) is 4. The molecule has 3 aliphatic rings. The number of rotatable bonds is 2. The van der Waals surface area contributed by atoms with Crippen LogP contribution in [0.4, 0.5) is 13.2 Å². The molecule has 4 atom stereocenters. The van der Waals surface area contributed by atoms with Gasteiger partial charge in [-0.1, -0.05) is 0 Å². The number of alkyl halides is 3. The molecule has 0 bridgehead atoms. The fourth-order valence-electron chi connectivity index (χ4n) is 4.13. The molecule has 3 heterocycles. The second-order valence-electron chi connectivity index (χ2n) is 6.78. The van der Waals surface area contributed by atoms with Gasteiger partial charge >= 0.3 is 6.18 Å². The molecule has 1 amide bonds. The van der Waals surface area contributed by atoms with Gasteiger partial charge in [0.05, 0.1) is 19.4 Å². The van der Waals surface area contributed by atoms with Crippen LogP contribution in [-0.2, 0) is 9.53 Å². The van der Waals surface area contributed by atoms with Gasteiger partial charge in [-0.25, -0.2) is 0 Å². The Morgan fingerprint density at radius 3 is 2.74 bits per heavy atom. The molecule has 23 heavy (non-hydrogen) atoms. The van der Waals surface area contributed by atoms with Gasteiger partial charge in [0.2, 0.25) is 5.91 Å². The second kappa shape index (κ2) is 6.57. The van der Waals surface area contributed by atoms with E-state index in [1.807, 2.05) is 6.92 Å². The quantitative estimate of drug-likeness (QED) is 0.827. The molecule has 132 valence electrons. The summed E-state index contributed by atoms with van der Waals surface area (Å²) >= 11 is 0. The number of nitrogens with zero attached hydrogens (tertiary/aromatic N) is 2. The van der Waals surface area contributed by atoms with Crippen molar-refractivity contribution in [3.8, 4) is 0 Å². The van der Waals surface area contributed by atoms with Gasteiger partial charge < -0.3 is 10.1 Å². The normalized spacial score (nSPS) is 37.8. The van der Waals surface area contributed by atoms with Crippen molar-refractivity contribution in [3.63, 3.8) is 0 Å². The number of carbonyl (C=O) groups excluding carboxylic acids is 1. The Morgan fingerprint density at radius 1 is 1.26 bits per heavy atom. The number of hydrogen-bond donors (Lipinski definition) is 1. The summed E-state index contributed by atoms with van der Waals surface area (Å²) in [6.07, 6.45) is -3.22. The molecule has 0 aromatic carbocycles. The molecule has 1 N–H and O–H groups in total. The van der Waals surface area contributed by atoms with Crippen molar-refractivity contribution in [3.05, 3.63) is 0 Å². The summed E-state index contributed by atoms with van der Waals surface area (Å²) in [7, 11) is 0. The first-order valence-electron chi connectivity index (χ1n) is 8.31. The summed E-state index contributed by atoms with van der Waals surface area (Å²) in [5.74, 6) is -0.155. The number of piperidine rings is 1. The Bertz CT molecular complexity index is 446. The van der Waals surface area contributed by atoms with E-state index in [-0.39, 0.29) is 24.4 Å². The van der Waals surface area contributed by atoms with Gasteiger partial charge in [-0.05, 0) is 26.2 Å². The van der Waals surface area contributed by atoms with Crippen LogP contribution in [0.15, 0.2) is 0 Å². The molecule has 0 spiro atoms. The summed E-state index contributed by atoms with van der Waals surface area (Å²) in [4.78, 5) is 15.7. The van der Waals surface area contributed by atoms with Crippen LogP contribution in [0.2, 0.25) is 0 Å². The maximum absolute atomic E-state index is 13.2. The summed E-state index contributed by atoms with van der Waals surface area (Å²) < 4.78 is 45.0. The molecule has 0 aliphatic carbocycles. The predicted molar refractivity (Wildman–Crippen MR) is 77.7 cm³/mol. The van der Waals surface area contributed by atoms with Gasteiger partial charge in [0.1, 0.15) is 6.04 Å². The molecule has 0 saturated carbocycles. The van der Waals surface area contributed by atoms with E-state index in [4.69, 9.17) is 4.74 Å². The van der Waals surface area contributed by atoms with Crippen LogP contribution < -0.4 is 5.32 Å². The monoisotopic (exact) mass is 335 g/mol. The first kappa shape index (κ1) is 17.0. The smallest absolute Gasteiger partial charge is 0.379 e. The van der Waals surface area contributed by atoms with E-state index < -0.39 is 18.4 Å². The molecule has 3 saturated heterocycles. The minimum absolute atomic E-state index is 0.0119. The molecule has 5 nitrogen and oxygen atoms in total. The first-order valence-corrected chi connectivity index (χ1v) is 8.31. The van der Waals surface area contributed by atoms with Crippen molar-refractivity contribution in [2.24, 2.45) is 0 Å². The minimum atomic E-state index is -4.24. The lowest BCUT2D eigenvalue weighted by molar-refractivity contribution is -0.186. The highest BCUT2D eigenvalue weighted by molar-refractivity contribution is 5.77. The third kappa shape index (κ3) is 3.64. The van der Waals surface area contributed by atoms with Crippen LogP contribution in [0.1, 0.15) is 32.6 Å². The highest BCUT2D eigenvalue weighted by atomic mass is 19.4. The number of amides is 1. The highest BCUT2D eigenvalue weighted by Crippen LogP contribution is 2.35. The zero-order chi connectivity index (χ0) is 16.6. The standard InChI is InChI=1S/C15H24F3N3O2/c1-10-9-23-6-5-20(10)11-7-13(19-14(22)8-11)21-4-2-3-12(21)15(16,17)18/h10-13H,2-9H2,1H3,(H,19,22)/t10-,11?,12-,13?/m1/s1. The van der Waals surface area contributed by atoms with Gasteiger partial charge in [-0.2, -0.15) is 13.2 Å². The molecular weight excluding hydrogens is 311 g/mol. The second-order valence-corrected chi connectivity index (χ2v) is 6.78. The molecule has 3 aliphatic heterocycles. The van der Waals surface area contributed by atoms with Crippen molar-refractivity contribution in [1.29, 1.82) is 0 Å². The molecule has 3 fully saturated rings. The Hall–Kier alpha value is -0.860. The summed E-state index contributed by atoms with van der Waals surface area (Å²) in [6.45, 7) is 4.38. The van der Waals surface area contributed by atoms with E-state index >= 15 is 0 Å². The molecule has 0 aromatic rings. The lowest BCUT2D eigenvalue weighted by atomic mass is 9.98. The zero-order valence-electron chi connectivity index (χ0n) is 13.3. The number of ether oxygens (including phenoxy) is 1. The Labute approximate surface area is 134 Å². The molecule has 8 heteroatoms. The number of nitrogens with one attached hydrogen (secondary N) is 1. The van der Waals surface area contributed by atoms with Crippen LogP contribution in [0.5, 0.6) is 0 Å². The average Bonchev–Trinajstić information content (AvgIpc) is 2.96. The van der Waals surface area contributed by atoms with Gasteiger partial charge in [0.15, 0.2) is 0 Å². The zero-order valence-corrected chi connectivity index (χ0v) is 13.3. The SMILES string of the molecule is C[C@@H]1COCCN1C1CC(=O)NC(N2CCC[C@@H]2C(F)(F)F)C1. The summed E-state index contributed by atoms with van der Waals surface area (Å²) in [5, 5.41) is 2.77. The largest absolute Gasteiger partial charge is 0.404 e. The molecule has 0 radical (unpaired) electrons. The van der Waals surface area contributed by atoms with Crippen LogP contribution in [0, 0.1) is 0 Å². The first-order chi connectivity index (χ1) is 10.9. The minimum Gasteiger partial charge on any atom is -0.379 e. The summed E-state index contributed by atoms with van der Waals surface area (Å²) in [5.41, 5.74) is 0. The predicted octanol–water partition coefficient (Wildman–Crippen LogP) is 1.34. The fraction of sp³-hybridized carbons (Fsp3) is 0.933. The van der Waals surface area contributed by atoms with Crippen molar-refractivity contribution in [2.75, 3.05) is 26.3 Å². The molecule has 0 aromatic heterocycles. The van der Waals surface area contributed by atoms with Crippen molar-refractivity contribution < 1.29 is 22.7 Å². The van der Waals surface area contributed by atoms with Crippen LogP contribution in [0.25, 0.3) is 0 Å². The summed E-state index contributed by atoms with van der Waals surface area (Å²) in [6, 6.07) is -1.26. The lowest BCUT2D eigenvalue weighted by Gasteiger charge is -2.45. The Kier molecular flexibility index (Phi) is 4.85. The van der Waals surface area contributed by atoms with E-state index in [1.165, 1.54) is 4.90 Å². The van der Waals surface area contributed by atoms with Gasteiger partial charge in [-0.3, -0.25) is 14.6 Å². The van der Waals surface area contributed by atoms with E-state index in [0.717, 1.165) is 6.54 Å². The third-order valence-electron chi connectivity index (χ3n) is 5.20. The lowest BCUT2D eigenvalue weighted by Crippen LogP contribution is -2.62. The Balaban J connectivity index is 1.71. The number of carbonyl (C=O) groups is 1. The van der Waals surface area contributed by atoms with Crippen LogP contribution >= 0.6 is 0 Å². The van der Waals surface area contributed by atoms with E-state index in [1.54, 1.807) is 0 Å². The van der Waals surface area contributed by atoms with Crippen LogP contribution in [-0.4, -0.2) is 72.5 Å². The van der Waals surface area contributed by atoms with Gasteiger partial charge in [0.25, 0.3) is 0 Å². The van der Waals surface area contributed by atoms with Gasteiger partial charge in [-0.15, -0.1) is 0 Å². The number of halogens is 3. The van der Waals surface area contributed by atoms with E-state index in [0.29, 0.717) is 39.0 Å². The van der Waals surface area contributed by atoms with Crippen molar-refractivity contribution in [2.45, 2.75) is 63.1 Å². The molecule has 3 rings (SSSR count). The topological polar surface area (TPSA) is 44.8 Å². The van der Waals surface area contributed by atoms with Crippen molar-refractivity contribution >= 4 is 5.91 Å². The van der Waals surface area contributed by atoms with E-state index in [2.05, 4.69) is 10.2 Å². The average molecular weight is 335 g/mol.